The van der Waals surface area contributed by atoms with Crippen molar-refractivity contribution >= 4 is 22.4 Å². The number of nitrogens with two attached hydrogens (primary N) is 1. The van der Waals surface area contributed by atoms with Gasteiger partial charge in [0.2, 0.25) is 0 Å². The third-order valence-corrected chi connectivity index (χ3v) is 3.26. The van der Waals surface area contributed by atoms with E-state index in [1.165, 1.54) is 0 Å². The zero-order valence-electron chi connectivity index (χ0n) is 11.8. The van der Waals surface area contributed by atoms with Crippen LogP contribution in [-0.4, -0.2) is 35.4 Å². The highest BCUT2D eigenvalue weighted by Gasteiger charge is 2.07. The molecule has 0 unspecified atom stereocenters. The van der Waals surface area contributed by atoms with Gasteiger partial charge in [-0.15, -0.1) is 0 Å². The molecule has 0 saturated heterocycles. The Bertz CT molecular complexity index is 739. The van der Waals surface area contributed by atoms with Crippen LogP contribution in [-0.2, 0) is 4.74 Å². The molecule has 21 heavy (non-hydrogen) atoms. The van der Waals surface area contributed by atoms with E-state index in [2.05, 4.69) is 20.5 Å². The molecule has 3 aromatic rings. The highest BCUT2D eigenvalue weighted by atomic mass is 16.5. The summed E-state index contributed by atoms with van der Waals surface area (Å²) in [6.07, 6.45) is 1.73. The first kappa shape index (κ1) is 13.4. The van der Waals surface area contributed by atoms with Crippen LogP contribution in [0, 0.1) is 0 Å². The quantitative estimate of drug-likeness (QED) is 0.625. The fraction of sp³-hybridized carbons (Fsp3) is 0.200. The Balaban J connectivity index is 2.01. The molecule has 2 heterocycles. The van der Waals surface area contributed by atoms with Gasteiger partial charge in [0.1, 0.15) is 5.82 Å². The maximum absolute atomic E-state index is 5.90. The summed E-state index contributed by atoms with van der Waals surface area (Å²) in [5, 5.41) is 11.3. The van der Waals surface area contributed by atoms with E-state index in [4.69, 9.17) is 10.5 Å². The molecule has 6 heteroatoms. The normalized spacial score (nSPS) is 10.9. The average Bonchev–Trinajstić information content (AvgIpc) is 3.01. The fourth-order valence-electron chi connectivity index (χ4n) is 2.27. The lowest BCUT2D eigenvalue weighted by molar-refractivity contribution is 0.211. The maximum Gasteiger partial charge on any atom is 0.126 e. The van der Waals surface area contributed by atoms with Crippen molar-refractivity contribution in [2.45, 2.75) is 0 Å². The van der Waals surface area contributed by atoms with Crippen LogP contribution in [0.15, 0.2) is 36.5 Å². The molecule has 0 bridgehead atoms. The predicted octanol–water partition coefficient (Wildman–Crippen LogP) is 2.27. The molecule has 4 N–H and O–H groups in total. The minimum atomic E-state index is 0.490. The van der Waals surface area contributed by atoms with E-state index < -0.39 is 0 Å². The smallest absolute Gasteiger partial charge is 0.126 e. The number of hydrogen-bond donors (Lipinski definition) is 3. The van der Waals surface area contributed by atoms with Gasteiger partial charge in [-0.25, -0.2) is 4.98 Å². The number of pyridine rings is 1. The number of H-pyrrole nitrogens is 1. The molecule has 0 aliphatic rings. The van der Waals surface area contributed by atoms with Crippen molar-refractivity contribution in [3.8, 4) is 11.3 Å². The highest BCUT2D eigenvalue weighted by molar-refractivity contribution is 5.95. The van der Waals surface area contributed by atoms with Gasteiger partial charge in [-0.05, 0) is 12.1 Å². The number of nitrogens with one attached hydrogen (secondary N) is 2. The summed E-state index contributed by atoms with van der Waals surface area (Å²) < 4.78 is 5.05. The van der Waals surface area contributed by atoms with E-state index in [0.717, 1.165) is 34.4 Å². The van der Waals surface area contributed by atoms with Crippen molar-refractivity contribution in [1.29, 1.82) is 0 Å². The van der Waals surface area contributed by atoms with Gasteiger partial charge < -0.3 is 15.8 Å². The molecule has 0 atom stereocenters. The number of nitrogens with zero attached hydrogens (tertiary/aromatic N) is 2. The number of ether oxygens (including phenoxy) is 1. The molecule has 0 fully saturated rings. The zero-order valence-corrected chi connectivity index (χ0v) is 11.8. The molecule has 3 rings (SSSR count). The van der Waals surface area contributed by atoms with Gasteiger partial charge in [0.05, 0.1) is 17.8 Å². The Labute approximate surface area is 122 Å². The lowest BCUT2D eigenvalue weighted by Crippen LogP contribution is -2.08. The second-order valence-electron chi connectivity index (χ2n) is 4.72. The van der Waals surface area contributed by atoms with Crippen LogP contribution in [0.5, 0.6) is 0 Å². The van der Waals surface area contributed by atoms with E-state index in [1.807, 2.05) is 30.3 Å². The van der Waals surface area contributed by atoms with Crippen LogP contribution in [0.2, 0.25) is 0 Å². The van der Waals surface area contributed by atoms with Crippen molar-refractivity contribution in [3.63, 3.8) is 0 Å². The molecule has 6 nitrogen and oxygen atoms in total. The van der Waals surface area contributed by atoms with Crippen molar-refractivity contribution in [1.82, 2.24) is 15.2 Å². The molecule has 0 spiro atoms. The number of anilines is 2. The van der Waals surface area contributed by atoms with Crippen LogP contribution in [0.25, 0.3) is 22.2 Å². The van der Waals surface area contributed by atoms with Gasteiger partial charge in [0, 0.05) is 42.6 Å². The molecule has 0 amide bonds. The molecule has 0 aliphatic carbocycles. The number of aromatic amines is 1. The number of rotatable bonds is 5. The van der Waals surface area contributed by atoms with Crippen LogP contribution in [0.3, 0.4) is 0 Å². The first-order valence-electron chi connectivity index (χ1n) is 6.71. The van der Waals surface area contributed by atoms with Gasteiger partial charge >= 0.3 is 0 Å². The van der Waals surface area contributed by atoms with Crippen molar-refractivity contribution < 1.29 is 4.74 Å². The fourth-order valence-corrected chi connectivity index (χ4v) is 2.27. The Morgan fingerprint density at radius 2 is 2.19 bits per heavy atom. The summed E-state index contributed by atoms with van der Waals surface area (Å²) in [6, 6.07) is 9.84. The van der Waals surface area contributed by atoms with Gasteiger partial charge in [0.25, 0.3) is 0 Å². The maximum atomic E-state index is 5.90. The topological polar surface area (TPSA) is 88.8 Å². The van der Waals surface area contributed by atoms with Crippen LogP contribution >= 0.6 is 0 Å². The van der Waals surface area contributed by atoms with E-state index >= 15 is 0 Å². The number of benzene rings is 1. The summed E-state index contributed by atoms with van der Waals surface area (Å²) in [4.78, 5) is 4.41. The van der Waals surface area contributed by atoms with Gasteiger partial charge in [-0.1, -0.05) is 12.1 Å². The molecule has 0 aliphatic heterocycles. The number of aromatic nitrogens is 3. The summed E-state index contributed by atoms with van der Waals surface area (Å²) >= 11 is 0. The minimum absolute atomic E-state index is 0.490. The second kappa shape index (κ2) is 5.80. The lowest BCUT2D eigenvalue weighted by atomic mass is 10.1. The Kier molecular flexibility index (Phi) is 3.70. The standard InChI is InChI=1S/C15H17N5O/c1-21-7-6-17-13-9-15(16)19-14-8-10(2-3-11(13)14)12-4-5-18-20-12/h2-5,8-9H,6-7H2,1H3,(H,18,20)(H3,16,17,19). The van der Waals surface area contributed by atoms with Crippen molar-refractivity contribution in [2.75, 3.05) is 31.3 Å². The van der Waals surface area contributed by atoms with E-state index in [9.17, 15) is 0 Å². The van der Waals surface area contributed by atoms with Crippen molar-refractivity contribution in [2.24, 2.45) is 0 Å². The predicted molar refractivity (Wildman–Crippen MR) is 84.1 cm³/mol. The van der Waals surface area contributed by atoms with E-state index in [-0.39, 0.29) is 0 Å². The average molecular weight is 283 g/mol. The first-order valence-corrected chi connectivity index (χ1v) is 6.71. The first-order chi connectivity index (χ1) is 10.3. The van der Waals surface area contributed by atoms with Crippen LogP contribution < -0.4 is 11.1 Å². The van der Waals surface area contributed by atoms with E-state index in [1.54, 1.807) is 13.3 Å². The number of nitrogen functional groups attached to an aromatic ring is 1. The molecule has 2 aromatic heterocycles. The molecule has 1 aromatic carbocycles. The van der Waals surface area contributed by atoms with Crippen LogP contribution in [0.4, 0.5) is 11.5 Å². The zero-order chi connectivity index (χ0) is 14.7. The summed E-state index contributed by atoms with van der Waals surface area (Å²) in [7, 11) is 1.68. The van der Waals surface area contributed by atoms with Gasteiger partial charge in [0.15, 0.2) is 0 Å². The Morgan fingerprint density at radius 1 is 1.29 bits per heavy atom. The molecule has 0 saturated carbocycles. The number of fused-ring (bicyclic) bond motifs is 1. The summed E-state index contributed by atoms with van der Waals surface area (Å²) in [5.41, 5.74) is 9.69. The van der Waals surface area contributed by atoms with E-state index in [0.29, 0.717) is 12.4 Å². The largest absolute Gasteiger partial charge is 0.384 e. The molecule has 0 radical (unpaired) electrons. The minimum Gasteiger partial charge on any atom is -0.384 e. The third-order valence-electron chi connectivity index (χ3n) is 3.26. The summed E-state index contributed by atoms with van der Waals surface area (Å²) in [6.45, 7) is 1.35. The van der Waals surface area contributed by atoms with Crippen molar-refractivity contribution in [3.05, 3.63) is 36.5 Å². The monoisotopic (exact) mass is 283 g/mol. The number of methoxy groups -OCH3 is 1. The molecular formula is C15H17N5O. The SMILES string of the molecule is COCCNc1cc(N)nc2cc(-c3ccn[nH]3)ccc12. The Morgan fingerprint density at radius 3 is 2.95 bits per heavy atom. The second-order valence-corrected chi connectivity index (χ2v) is 4.72. The third kappa shape index (κ3) is 2.80. The lowest BCUT2D eigenvalue weighted by Gasteiger charge is -2.11. The number of hydrogen-bond acceptors (Lipinski definition) is 5. The Hall–Kier alpha value is -2.60. The molecular weight excluding hydrogens is 266 g/mol. The summed E-state index contributed by atoms with van der Waals surface area (Å²) in [5.74, 6) is 0.490. The molecule has 108 valence electrons. The van der Waals surface area contributed by atoms with Gasteiger partial charge in [-0.2, -0.15) is 5.10 Å². The highest BCUT2D eigenvalue weighted by Crippen LogP contribution is 2.28. The van der Waals surface area contributed by atoms with Crippen LogP contribution in [0.1, 0.15) is 0 Å². The van der Waals surface area contributed by atoms with Gasteiger partial charge in [-0.3, -0.25) is 5.10 Å².